The van der Waals surface area contributed by atoms with E-state index in [1.165, 1.54) is 23.6 Å². The molecule has 0 radical (unpaired) electrons. The van der Waals surface area contributed by atoms with E-state index in [0.717, 1.165) is 0 Å². The number of aliphatic hydroxyl groups is 1. The number of carboxylic acids is 1. The summed E-state index contributed by atoms with van der Waals surface area (Å²) in [6.07, 6.45) is -0.825. The number of nitrogens with zero attached hydrogens (tertiary/aromatic N) is 1. The molecule has 0 bridgehead atoms. The predicted molar refractivity (Wildman–Crippen MR) is 79.8 cm³/mol. The molecule has 4 atom stereocenters. The molecule has 0 aliphatic carbocycles. The molecule has 3 aliphatic heterocycles. The molecule has 3 aliphatic rings. The molecule has 2 fully saturated rings. The fourth-order valence-corrected chi connectivity index (χ4v) is 4.82. The minimum absolute atomic E-state index is 0. The molecule has 3 heterocycles. The molecular weight excluding hydrogens is 345 g/mol. The standard InChI is InChI=1S/C14H19N3O5S.Na/c1-5-9-8(6(2)18)12(19)17(9)10(13(20)21)11(5)23-7-3-15-14(22)16-4-7;/h5-9,18H,3-4H2,1-2H3,(H,20,21)(H2,15,16,22);/q;+1/p-1/t5-,6-,8-,9-;/m1./s1. The van der Waals surface area contributed by atoms with Gasteiger partial charge in [0, 0.05) is 29.2 Å². The van der Waals surface area contributed by atoms with Crippen molar-refractivity contribution < 1.29 is 54.2 Å². The number of carbonyl (C=O) groups excluding carboxylic acids is 3. The minimum atomic E-state index is -1.38. The van der Waals surface area contributed by atoms with Crippen molar-refractivity contribution in [1.82, 2.24) is 15.5 Å². The molecule has 0 spiro atoms. The average molecular weight is 363 g/mol. The molecule has 3 rings (SSSR count). The monoisotopic (exact) mass is 363 g/mol. The normalized spacial score (nSPS) is 30.8. The van der Waals surface area contributed by atoms with E-state index in [1.54, 1.807) is 0 Å². The zero-order valence-electron chi connectivity index (χ0n) is 13.7. The number of thioether (sulfide) groups is 1. The number of aliphatic hydroxyl groups excluding tert-OH is 1. The van der Waals surface area contributed by atoms with Crippen LogP contribution in [0.4, 0.5) is 4.79 Å². The van der Waals surface area contributed by atoms with Crippen molar-refractivity contribution in [1.29, 1.82) is 0 Å². The summed E-state index contributed by atoms with van der Waals surface area (Å²) in [4.78, 5) is 36.7. The van der Waals surface area contributed by atoms with Gasteiger partial charge in [-0.1, -0.05) is 6.92 Å². The fraction of sp³-hybridized carbons (Fsp3) is 0.643. The van der Waals surface area contributed by atoms with Crippen molar-refractivity contribution in [3.05, 3.63) is 10.6 Å². The van der Waals surface area contributed by atoms with E-state index in [-0.39, 0.29) is 64.4 Å². The van der Waals surface area contributed by atoms with Crippen LogP contribution >= 0.6 is 11.8 Å². The number of carboxylic acid groups (broad SMARTS) is 1. The maximum absolute atomic E-state index is 12.2. The van der Waals surface area contributed by atoms with Crippen LogP contribution in [0.3, 0.4) is 0 Å². The Morgan fingerprint density at radius 2 is 1.96 bits per heavy atom. The van der Waals surface area contributed by atoms with E-state index in [9.17, 15) is 24.6 Å². The maximum Gasteiger partial charge on any atom is 1.00 e. The first-order valence-corrected chi connectivity index (χ1v) is 8.36. The first-order valence-electron chi connectivity index (χ1n) is 7.48. The molecule has 0 aromatic carbocycles. The van der Waals surface area contributed by atoms with E-state index in [2.05, 4.69) is 10.6 Å². The summed E-state index contributed by atoms with van der Waals surface area (Å²) in [7, 11) is 0. The molecule has 3 amide bonds. The summed E-state index contributed by atoms with van der Waals surface area (Å²) in [5.74, 6) is -2.53. The van der Waals surface area contributed by atoms with Crippen molar-refractivity contribution in [2.45, 2.75) is 31.2 Å². The van der Waals surface area contributed by atoms with Crippen LogP contribution in [0.2, 0.25) is 0 Å². The van der Waals surface area contributed by atoms with Crippen LogP contribution in [0.1, 0.15) is 13.8 Å². The number of carbonyl (C=O) groups is 3. The smallest absolute Gasteiger partial charge is 0.543 e. The zero-order chi connectivity index (χ0) is 16.9. The summed E-state index contributed by atoms with van der Waals surface area (Å²) in [6.45, 7) is 4.24. The molecule has 3 N–H and O–H groups in total. The number of hydrogen-bond acceptors (Lipinski definition) is 6. The third-order valence-corrected chi connectivity index (χ3v) is 6.06. The molecule has 0 aromatic heterocycles. The van der Waals surface area contributed by atoms with Gasteiger partial charge in [-0.25, -0.2) is 4.79 Å². The minimum Gasteiger partial charge on any atom is -0.543 e. The molecule has 0 unspecified atom stereocenters. The topological polar surface area (TPSA) is 122 Å². The molecule has 126 valence electrons. The SMILES string of the molecule is C[C@@H](O)[C@H]1C(=O)N2C(C(=O)[O-])=C(SC3CNC(=O)NC3)[C@H](C)[C@H]12.[Na+]. The number of amides is 3. The van der Waals surface area contributed by atoms with E-state index in [1.807, 2.05) is 6.92 Å². The largest absolute Gasteiger partial charge is 1.00 e. The Hall–Kier alpha value is -0.740. The second kappa shape index (κ2) is 7.25. The Morgan fingerprint density at radius 3 is 2.46 bits per heavy atom. The van der Waals surface area contributed by atoms with Gasteiger partial charge in [0.05, 0.1) is 29.7 Å². The van der Waals surface area contributed by atoms with Gasteiger partial charge in [-0.05, 0) is 6.92 Å². The number of urea groups is 1. The van der Waals surface area contributed by atoms with Crippen LogP contribution in [0.5, 0.6) is 0 Å². The average Bonchev–Trinajstić information content (AvgIpc) is 2.71. The van der Waals surface area contributed by atoms with Gasteiger partial charge in [0.2, 0.25) is 5.91 Å². The predicted octanol–water partition coefficient (Wildman–Crippen LogP) is -4.78. The van der Waals surface area contributed by atoms with Crippen LogP contribution in [0, 0.1) is 11.8 Å². The number of rotatable bonds is 4. The van der Waals surface area contributed by atoms with E-state index in [4.69, 9.17) is 0 Å². The second-order valence-corrected chi connectivity index (χ2v) is 7.43. The first kappa shape index (κ1) is 19.6. The third kappa shape index (κ3) is 3.08. The van der Waals surface area contributed by atoms with Gasteiger partial charge >= 0.3 is 35.6 Å². The number of hydrogen-bond donors (Lipinski definition) is 3. The van der Waals surface area contributed by atoms with Gasteiger partial charge in [0.1, 0.15) is 0 Å². The van der Waals surface area contributed by atoms with Gasteiger partial charge in [0.15, 0.2) is 0 Å². The van der Waals surface area contributed by atoms with Crippen molar-refractivity contribution in [3.63, 3.8) is 0 Å². The Balaban J connectivity index is 0.00000208. The Morgan fingerprint density at radius 1 is 1.38 bits per heavy atom. The summed E-state index contributed by atoms with van der Waals surface area (Å²) >= 11 is 1.34. The van der Waals surface area contributed by atoms with E-state index >= 15 is 0 Å². The Kier molecular flexibility index (Phi) is 5.91. The van der Waals surface area contributed by atoms with E-state index < -0.39 is 18.0 Å². The summed E-state index contributed by atoms with van der Waals surface area (Å²) in [5, 5.41) is 26.6. The number of aliphatic carboxylic acids is 1. The molecule has 8 nitrogen and oxygen atoms in total. The summed E-state index contributed by atoms with van der Waals surface area (Å²) in [6, 6.07) is -0.590. The van der Waals surface area contributed by atoms with E-state index in [0.29, 0.717) is 18.0 Å². The van der Waals surface area contributed by atoms with Crippen LogP contribution in [0.15, 0.2) is 10.6 Å². The zero-order valence-corrected chi connectivity index (χ0v) is 16.6. The molecule has 0 saturated carbocycles. The van der Waals surface area contributed by atoms with Crippen LogP contribution in [-0.4, -0.2) is 58.4 Å². The van der Waals surface area contributed by atoms with Crippen LogP contribution in [-0.2, 0) is 9.59 Å². The fourth-order valence-electron chi connectivity index (χ4n) is 3.48. The van der Waals surface area contributed by atoms with Crippen LogP contribution < -0.4 is 45.3 Å². The molecule has 2 saturated heterocycles. The van der Waals surface area contributed by atoms with Crippen molar-refractivity contribution in [3.8, 4) is 0 Å². The second-order valence-electron chi connectivity index (χ2n) is 6.08. The van der Waals surface area contributed by atoms with Gasteiger partial charge in [-0.15, -0.1) is 11.8 Å². The maximum atomic E-state index is 12.2. The summed E-state index contributed by atoms with van der Waals surface area (Å²) < 4.78 is 0. The van der Waals surface area contributed by atoms with Gasteiger partial charge < -0.3 is 30.5 Å². The molecule has 0 aromatic rings. The molecule has 10 heteroatoms. The number of fused-ring (bicyclic) bond motifs is 1. The number of β-lactam (4-membered cyclic amide) rings is 1. The summed E-state index contributed by atoms with van der Waals surface area (Å²) in [5.41, 5.74) is -0.0914. The van der Waals surface area contributed by atoms with Crippen molar-refractivity contribution in [2.75, 3.05) is 13.1 Å². The Bertz CT molecular complexity index is 601. The van der Waals surface area contributed by atoms with Gasteiger partial charge in [-0.2, -0.15) is 0 Å². The van der Waals surface area contributed by atoms with Crippen molar-refractivity contribution in [2.24, 2.45) is 11.8 Å². The van der Waals surface area contributed by atoms with Gasteiger partial charge in [-0.3, -0.25) is 4.79 Å². The van der Waals surface area contributed by atoms with Gasteiger partial charge in [0.25, 0.3) is 0 Å². The van der Waals surface area contributed by atoms with Crippen LogP contribution in [0.25, 0.3) is 0 Å². The molecular formula is C14H18N3NaO5S. The third-order valence-electron chi connectivity index (χ3n) is 4.58. The Labute approximate surface area is 165 Å². The number of nitrogens with one attached hydrogen (secondary N) is 2. The quantitative estimate of drug-likeness (QED) is 0.341. The van der Waals surface area contributed by atoms with Crippen molar-refractivity contribution >= 4 is 29.7 Å². The first-order chi connectivity index (χ1) is 10.8. The molecule has 24 heavy (non-hydrogen) atoms.